The van der Waals surface area contributed by atoms with Crippen LogP contribution in [-0.2, 0) is 4.79 Å². The van der Waals surface area contributed by atoms with Crippen molar-refractivity contribution < 1.29 is 14.3 Å². The minimum Gasteiger partial charge on any atom is -0.492 e. The molecule has 0 spiro atoms. The quantitative estimate of drug-likeness (QED) is 0.475. The smallest absolute Gasteiger partial charge is 0.255 e. The Morgan fingerprint density at radius 2 is 1.84 bits per heavy atom. The summed E-state index contributed by atoms with van der Waals surface area (Å²) in [6.45, 7) is 0.347. The van der Waals surface area contributed by atoms with Crippen LogP contribution in [0.5, 0.6) is 5.75 Å². The van der Waals surface area contributed by atoms with E-state index in [0.29, 0.717) is 40.1 Å². The molecule has 1 aliphatic rings. The normalized spacial score (nSPS) is 14.2. The summed E-state index contributed by atoms with van der Waals surface area (Å²) in [5.74, 6) is 0.322. The van der Waals surface area contributed by atoms with Crippen molar-refractivity contribution in [2.45, 2.75) is 51.0 Å². The van der Waals surface area contributed by atoms with Crippen molar-refractivity contribution in [1.82, 2.24) is 4.90 Å². The first kappa shape index (κ1) is 23.4. The minimum absolute atomic E-state index is 0.0523. The van der Waals surface area contributed by atoms with Crippen LogP contribution in [0.25, 0.3) is 0 Å². The van der Waals surface area contributed by atoms with E-state index in [4.69, 9.17) is 27.9 Å². The molecule has 2 aromatic carbocycles. The summed E-state index contributed by atoms with van der Waals surface area (Å²) in [7, 11) is 1.86. The molecular weight excluding hydrogens is 435 g/mol. The fourth-order valence-electron chi connectivity index (χ4n) is 3.82. The summed E-state index contributed by atoms with van der Waals surface area (Å²) in [5, 5.41) is 3.86. The van der Waals surface area contributed by atoms with E-state index in [0.717, 1.165) is 25.7 Å². The molecule has 0 heterocycles. The Hall–Kier alpha value is -2.24. The van der Waals surface area contributed by atoms with Crippen molar-refractivity contribution >= 4 is 40.7 Å². The van der Waals surface area contributed by atoms with E-state index < -0.39 is 0 Å². The number of hydrogen-bond donors (Lipinski definition) is 1. The predicted octanol–water partition coefficient (Wildman–Crippen LogP) is 6.20. The molecule has 2 aromatic rings. The lowest BCUT2D eigenvalue weighted by Gasteiger charge is -2.31. The van der Waals surface area contributed by atoms with Gasteiger partial charge >= 0.3 is 0 Å². The number of hydrogen-bond acceptors (Lipinski definition) is 3. The van der Waals surface area contributed by atoms with Crippen LogP contribution in [0.3, 0.4) is 0 Å². The third-order valence-electron chi connectivity index (χ3n) is 5.57. The topological polar surface area (TPSA) is 58.6 Å². The molecule has 1 N–H and O–H groups in total. The molecular formula is C24H28Cl2N2O3. The van der Waals surface area contributed by atoms with Crippen molar-refractivity contribution in [3.8, 4) is 5.75 Å². The molecule has 0 atom stereocenters. The van der Waals surface area contributed by atoms with Gasteiger partial charge in [0.1, 0.15) is 5.75 Å². The number of nitrogens with one attached hydrogen (secondary N) is 1. The summed E-state index contributed by atoms with van der Waals surface area (Å²) >= 11 is 12.0. The zero-order valence-electron chi connectivity index (χ0n) is 17.7. The number of benzene rings is 2. The lowest BCUT2D eigenvalue weighted by atomic mass is 9.94. The van der Waals surface area contributed by atoms with Gasteiger partial charge in [0.25, 0.3) is 5.91 Å². The highest BCUT2D eigenvalue weighted by molar-refractivity contribution is 6.35. The summed E-state index contributed by atoms with van der Waals surface area (Å²) in [5.41, 5.74) is 1.06. The van der Waals surface area contributed by atoms with E-state index in [-0.39, 0.29) is 24.3 Å². The molecule has 7 heteroatoms. The molecule has 1 saturated carbocycles. The zero-order chi connectivity index (χ0) is 22.2. The molecule has 3 rings (SSSR count). The van der Waals surface area contributed by atoms with E-state index in [9.17, 15) is 9.59 Å². The van der Waals surface area contributed by atoms with E-state index in [1.54, 1.807) is 30.3 Å². The Morgan fingerprint density at radius 3 is 2.58 bits per heavy atom. The maximum Gasteiger partial charge on any atom is 0.255 e. The van der Waals surface area contributed by atoms with E-state index >= 15 is 0 Å². The van der Waals surface area contributed by atoms with E-state index in [1.807, 2.05) is 24.1 Å². The van der Waals surface area contributed by atoms with Gasteiger partial charge in [-0.25, -0.2) is 0 Å². The Morgan fingerprint density at radius 1 is 1.10 bits per heavy atom. The first-order chi connectivity index (χ1) is 15.0. The van der Waals surface area contributed by atoms with Crippen LogP contribution < -0.4 is 10.1 Å². The van der Waals surface area contributed by atoms with Gasteiger partial charge in [-0.2, -0.15) is 0 Å². The van der Waals surface area contributed by atoms with Crippen LogP contribution in [0, 0.1) is 0 Å². The third-order valence-corrected chi connectivity index (χ3v) is 6.10. The molecule has 0 aliphatic heterocycles. The molecule has 0 saturated heterocycles. The van der Waals surface area contributed by atoms with Crippen molar-refractivity contribution in [2.75, 3.05) is 19.0 Å². The standard InChI is InChI=1S/C24H28Cl2N2O3/c1-28(18-8-3-2-4-9-18)24(30)19-10-5-6-11-21(19)27-23(29)12-7-15-31-22-14-13-17(25)16-20(22)26/h5-6,10-11,13-14,16,18H,2-4,7-9,12,15H2,1H3,(H,27,29). The van der Waals surface area contributed by atoms with Gasteiger partial charge in [0.05, 0.1) is 22.9 Å². The second-order valence-electron chi connectivity index (χ2n) is 7.83. The second-order valence-corrected chi connectivity index (χ2v) is 8.67. The fraction of sp³-hybridized carbons (Fsp3) is 0.417. The van der Waals surface area contributed by atoms with Gasteiger partial charge in [0, 0.05) is 24.5 Å². The van der Waals surface area contributed by atoms with Gasteiger partial charge in [-0.3, -0.25) is 9.59 Å². The van der Waals surface area contributed by atoms with Crippen molar-refractivity contribution in [2.24, 2.45) is 0 Å². The number of anilines is 1. The van der Waals surface area contributed by atoms with Gasteiger partial charge in [0.15, 0.2) is 0 Å². The zero-order valence-corrected chi connectivity index (χ0v) is 19.2. The summed E-state index contributed by atoms with van der Waals surface area (Å²) < 4.78 is 5.62. The molecule has 5 nitrogen and oxygen atoms in total. The number of para-hydroxylation sites is 1. The van der Waals surface area contributed by atoms with Crippen LogP contribution in [0.2, 0.25) is 10.0 Å². The van der Waals surface area contributed by atoms with Crippen molar-refractivity contribution in [3.63, 3.8) is 0 Å². The highest BCUT2D eigenvalue weighted by atomic mass is 35.5. The Balaban J connectivity index is 1.52. The minimum atomic E-state index is -0.161. The number of carbonyl (C=O) groups is 2. The molecule has 1 aliphatic carbocycles. The highest BCUT2D eigenvalue weighted by Crippen LogP contribution is 2.28. The fourth-order valence-corrected chi connectivity index (χ4v) is 4.29. The summed E-state index contributed by atoms with van der Waals surface area (Å²) in [6.07, 6.45) is 6.41. The number of carbonyl (C=O) groups excluding carboxylic acids is 2. The number of ether oxygens (including phenoxy) is 1. The third kappa shape index (κ3) is 6.62. The Kier molecular flexibility index (Phi) is 8.61. The number of halogens is 2. The van der Waals surface area contributed by atoms with Crippen molar-refractivity contribution in [3.05, 3.63) is 58.1 Å². The van der Waals surface area contributed by atoms with Crippen LogP contribution in [0.4, 0.5) is 5.69 Å². The van der Waals surface area contributed by atoms with Gasteiger partial charge in [-0.05, 0) is 49.6 Å². The molecule has 2 amide bonds. The van der Waals surface area contributed by atoms with Crippen LogP contribution >= 0.6 is 23.2 Å². The van der Waals surface area contributed by atoms with Crippen molar-refractivity contribution in [1.29, 1.82) is 0 Å². The second kappa shape index (κ2) is 11.4. The Labute approximate surface area is 193 Å². The predicted molar refractivity (Wildman–Crippen MR) is 125 cm³/mol. The van der Waals surface area contributed by atoms with E-state index in [1.165, 1.54) is 6.42 Å². The number of nitrogens with zero attached hydrogens (tertiary/aromatic N) is 1. The Bertz CT molecular complexity index is 913. The van der Waals surface area contributed by atoms with Crippen LogP contribution in [0.15, 0.2) is 42.5 Å². The molecule has 0 aromatic heterocycles. The maximum atomic E-state index is 13.1. The number of amides is 2. The van der Waals surface area contributed by atoms with Gasteiger partial charge in [-0.1, -0.05) is 54.6 Å². The first-order valence-electron chi connectivity index (χ1n) is 10.7. The van der Waals surface area contributed by atoms with Crippen LogP contribution in [-0.4, -0.2) is 36.4 Å². The molecule has 0 unspecified atom stereocenters. The first-order valence-corrected chi connectivity index (χ1v) is 11.4. The van der Waals surface area contributed by atoms with Gasteiger partial charge < -0.3 is 15.0 Å². The largest absolute Gasteiger partial charge is 0.492 e. The molecule has 0 bridgehead atoms. The van der Waals surface area contributed by atoms with Gasteiger partial charge in [-0.15, -0.1) is 0 Å². The average molecular weight is 463 g/mol. The van der Waals surface area contributed by atoms with E-state index in [2.05, 4.69) is 5.32 Å². The monoisotopic (exact) mass is 462 g/mol. The van der Waals surface area contributed by atoms with Crippen LogP contribution in [0.1, 0.15) is 55.3 Å². The molecule has 0 radical (unpaired) electrons. The summed E-state index contributed by atoms with van der Waals surface area (Å²) in [6, 6.07) is 12.5. The lowest BCUT2D eigenvalue weighted by Crippen LogP contribution is -2.38. The molecule has 31 heavy (non-hydrogen) atoms. The average Bonchev–Trinajstić information content (AvgIpc) is 2.78. The SMILES string of the molecule is CN(C(=O)c1ccccc1NC(=O)CCCOc1ccc(Cl)cc1Cl)C1CCCCC1. The molecule has 1 fully saturated rings. The number of rotatable bonds is 8. The maximum absolute atomic E-state index is 13.1. The summed E-state index contributed by atoms with van der Waals surface area (Å²) in [4.78, 5) is 27.3. The molecule has 166 valence electrons. The lowest BCUT2D eigenvalue weighted by molar-refractivity contribution is -0.116. The highest BCUT2D eigenvalue weighted by Gasteiger charge is 2.24. The van der Waals surface area contributed by atoms with Gasteiger partial charge in [0.2, 0.25) is 5.91 Å².